The SMILES string of the molecule is Cc1cc(CSc2nnc(N3CCOCC3)n2Cc2ccccc2)no1. The fourth-order valence-corrected chi connectivity index (χ4v) is 3.73. The maximum absolute atomic E-state index is 5.47. The Hall–Kier alpha value is -2.32. The van der Waals surface area contributed by atoms with Gasteiger partial charge in [0.05, 0.1) is 25.5 Å². The molecule has 0 atom stereocenters. The number of aromatic nitrogens is 4. The number of aryl methyl sites for hydroxylation is 1. The molecule has 0 N–H and O–H groups in total. The van der Waals surface area contributed by atoms with Crippen molar-refractivity contribution < 1.29 is 9.26 Å². The van der Waals surface area contributed by atoms with Crippen LogP contribution >= 0.6 is 11.8 Å². The maximum Gasteiger partial charge on any atom is 0.228 e. The third kappa shape index (κ3) is 3.91. The molecule has 1 aromatic carbocycles. The largest absolute Gasteiger partial charge is 0.378 e. The zero-order valence-electron chi connectivity index (χ0n) is 14.7. The molecule has 2 aromatic heterocycles. The molecule has 3 aromatic rings. The minimum Gasteiger partial charge on any atom is -0.378 e. The van der Waals surface area contributed by atoms with Crippen LogP contribution in [0.1, 0.15) is 17.0 Å². The van der Waals surface area contributed by atoms with E-state index in [1.54, 1.807) is 11.8 Å². The zero-order chi connectivity index (χ0) is 17.8. The third-order valence-electron chi connectivity index (χ3n) is 4.20. The number of nitrogens with zero attached hydrogens (tertiary/aromatic N) is 5. The number of benzene rings is 1. The minimum absolute atomic E-state index is 0.702. The van der Waals surface area contributed by atoms with E-state index in [2.05, 4.69) is 49.1 Å². The van der Waals surface area contributed by atoms with Gasteiger partial charge in [-0.2, -0.15) is 0 Å². The first-order valence-electron chi connectivity index (χ1n) is 8.64. The van der Waals surface area contributed by atoms with Crippen LogP contribution in [0.15, 0.2) is 46.1 Å². The van der Waals surface area contributed by atoms with Crippen LogP contribution in [0.4, 0.5) is 5.95 Å². The van der Waals surface area contributed by atoms with Crippen molar-refractivity contribution in [3.05, 3.63) is 53.4 Å². The second kappa shape index (κ2) is 7.92. The van der Waals surface area contributed by atoms with Crippen LogP contribution < -0.4 is 4.90 Å². The smallest absolute Gasteiger partial charge is 0.228 e. The zero-order valence-corrected chi connectivity index (χ0v) is 15.5. The lowest BCUT2D eigenvalue weighted by atomic mass is 10.2. The molecular formula is C18H21N5O2S. The number of hydrogen-bond acceptors (Lipinski definition) is 7. The maximum atomic E-state index is 5.47. The molecule has 0 aliphatic carbocycles. The number of thioether (sulfide) groups is 1. The summed E-state index contributed by atoms with van der Waals surface area (Å²) in [5.41, 5.74) is 2.13. The molecule has 8 heteroatoms. The van der Waals surface area contributed by atoms with Gasteiger partial charge in [0.1, 0.15) is 5.76 Å². The van der Waals surface area contributed by atoms with E-state index in [0.717, 1.165) is 55.4 Å². The molecule has 1 fully saturated rings. The van der Waals surface area contributed by atoms with E-state index in [1.165, 1.54) is 5.56 Å². The summed E-state index contributed by atoms with van der Waals surface area (Å²) in [6, 6.07) is 12.3. The van der Waals surface area contributed by atoms with Gasteiger partial charge in [-0.15, -0.1) is 10.2 Å². The molecule has 3 heterocycles. The first kappa shape index (κ1) is 17.1. The summed E-state index contributed by atoms with van der Waals surface area (Å²) in [6.07, 6.45) is 0. The van der Waals surface area contributed by atoms with E-state index < -0.39 is 0 Å². The van der Waals surface area contributed by atoms with Crippen LogP contribution in [-0.2, 0) is 17.0 Å². The van der Waals surface area contributed by atoms with Crippen molar-refractivity contribution in [1.82, 2.24) is 19.9 Å². The molecule has 0 saturated carbocycles. The highest BCUT2D eigenvalue weighted by Crippen LogP contribution is 2.26. The molecule has 4 rings (SSSR count). The molecule has 0 radical (unpaired) electrons. The van der Waals surface area contributed by atoms with Gasteiger partial charge >= 0.3 is 0 Å². The lowest BCUT2D eigenvalue weighted by molar-refractivity contribution is 0.121. The molecule has 0 amide bonds. The molecule has 26 heavy (non-hydrogen) atoms. The highest BCUT2D eigenvalue weighted by Gasteiger charge is 2.21. The van der Waals surface area contributed by atoms with E-state index in [4.69, 9.17) is 9.26 Å². The van der Waals surface area contributed by atoms with E-state index >= 15 is 0 Å². The van der Waals surface area contributed by atoms with Crippen molar-refractivity contribution in [1.29, 1.82) is 0 Å². The molecule has 1 saturated heterocycles. The Bertz CT molecular complexity index is 842. The van der Waals surface area contributed by atoms with E-state index in [1.807, 2.05) is 19.1 Å². The number of morpholine rings is 1. The van der Waals surface area contributed by atoms with Crippen molar-refractivity contribution in [2.75, 3.05) is 31.2 Å². The Morgan fingerprint density at radius 1 is 1.12 bits per heavy atom. The fourth-order valence-electron chi connectivity index (χ4n) is 2.91. The molecule has 136 valence electrons. The summed E-state index contributed by atoms with van der Waals surface area (Å²) < 4.78 is 12.8. The molecule has 0 spiro atoms. The number of anilines is 1. The Morgan fingerprint density at radius 2 is 1.92 bits per heavy atom. The quantitative estimate of drug-likeness (QED) is 0.617. The molecule has 1 aliphatic heterocycles. The van der Waals surface area contributed by atoms with Gasteiger partial charge in [-0.1, -0.05) is 47.3 Å². The highest BCUT2D eigenvalue weighted by atomic mass is 32.2. The van der Waals surface area contributed by atoms with Gasteiger partial charge in [0.15, 0.2) is 5.16 Å². The normalized spacial score (nSPS) is 14.7. The molecule has 1 aliphatic rings. The standard InChI is InChI=1S/C18H21N5O2S/c1-14-11-16(21-25-14)13-26-18-20-19-17(22-7-9-24-10-8-22)23(18)12-15-5-3-2-4-6-15/h2-6,11H,7-10,12-13H2,1H3. The van der Waals surface area contributed by atoms with Gasteiger partial charge in [0, 0.05) is 24.9 Å². The Balaban J connectivity index is 1.58. The second-order valence-corrected chi connectivity index (χ2v) is 7.11. The van der Waals surface area contributed by atoms with Gasteiger partial charge in [-0.25, -0.2) is 0 Å². The molecule has 0 bridgehead atoms. The van der Waals surface area contributed by atoms with E-state index in [-0.39, 0.29) is 0 Å². The van der Waals surface area contributed by atoms with Crippen molar-refractivity contribution in [3.63, 3.8) is 0 Å². The number of rotatable bonds is 6. The predicted octanol–water partition coefficient (Wildman–Crippen LogP) is 2.75. The van der Waals surface area contributed by atoms with Crippen LogP contribution in [0, 0.1) is 6.92 Å². The predicted molar refractivity (Wildman–Crippen MR) is 99.4 cm³/mol. The lowest BCUT2D eigenvalue weighted by Gasteiger charge is -2.28. The lowest BCUT2D eigenvalue weighted by Crippen LogP contribution is -2.38. The first-order chi connectivity index (χ1) is 12.8. The fraction of sp³-hybridized carbons (Fsp3) is 0.389. The minimum atomic E-state index is 0.702. The Kier molecular flexibility index (Phi) is 5.21. The van der Waals surface area contributed by atoms with Gasteiger partial charge < -0.3 is 14.2 Å². The van der Waals surface area contributed by atoms with Crippen LogP contribution in [0.2, 0.25) is 0 Å². The van der Waals surface area contributed by atoms with Crippen molar-refractivity contribution >= 4 is 17.7 Å². The molecular weight excluding hydrogens is 350 g/mol. The van der Waals surface area contributed by atoms with Crippen molar-refractivity contribution in [2.24, 2.45) is 0 Å². The van der Waals surface area contributed by atoms with Gasteiger partial charge in [0.25, 0.3) is 0 Å². The third-order valence-corrected chi connectivity index (χ3v) is 5.20. The molecule has 0 unspecified atom stereocenters. The van der Waals surface area contributed by atoms with Crippen LogP contribution in [0.5, 0.6) is 0 Å². The topological polar surface area (TPSA) is 69.2 Å². The van der Waals surface area contributed by atoms with Crippen LogP contribution in [-0.4, -0.2) is 46.2 Å². The number of ether oxygens (including phenoxy) is 1. The summed E-state index contributed by atoms with van der Waals surface area (Å²) in [5.74, 6) is 2.42. The van der Waals surface area contributed by atoms with Crippen molar-refractivity contribution in [2.45, 2.75) is 24.4 Å². The molecule has 7 nitrogen and oxygen atoms in total. The summed E-state index contributed by atoms with van der Waals surface area (Å²) in [5, 5.41) is 13.9. The summed E-state index contributed by atoms with van der Waals surface area (Å²) in [6.45, 7) is 5.74. The number of hydrogen-bond donors (Lipinski definition) is 0. The van der Waals surface area contributed by atoms with Crippen LogP contribution in [0.25, 0.3) is 0 Å². The van der Waals surface area contributed by atoms with E-state index in [9.17, 15) is 0 Å². The average Bonchev–Trinajstić information content (AvgIpc) is 3.28. The van der Waals surface area contributed by atoms with Crippen LogP contribution in [0.3, 0.4) is 0 Å². The Morgan fingerprint density at radius 3 is 2.65 bits per heavy atom. The summed E-state index contributed by atoms with van der Waals surface area (Å²) in [4.78, 5) is 2.24. The summed E-state index contributed by atoms with van der Waals surface area (Å²) >= 11 is 1.63. The monoisotopic (exact) mass is 371 g/mol. The van der Waals surface area contributed by atoms with Gasteiger partial charge in [0.2, 0.25) is 5.95 Å². The second-order valence-electron chi connectivity index (χ2n) is 6.17. The van der Waals surface area contributed by atoms with Gasteiger partial charge in [-0.3, -0.25) is 4.57 Å². The Labute approximate surface area is 156 Å². The summed E-state index contributed by atoms with van der Waals surface area (Å²) in [7, 11) is 0. The average molecular weight is 371 g/mol. The van der Waals surface area contributed by atoms with E-state index in [0.29, 0.717) is 5.75 Å². The highest BCUT2D eigenvalue weighted by molar-refractivity contribution is 7.98. The van der Waals surface area contributed by atoms with Crippen molar-refractivity contribution in [3.8, 4) is 0 Å². The van der Waals surface area contributed by atoms with Gasteiger partial charge in [-0.05, 0) is 12.5 Å². The first-order valence-corrected chi connectivity index (χ1v) is 9.63.